The van der Waals surface area contributed by atoms with E-state index in [9.17, 15) is 5.26 Å². The molecule has 0 spiro atoms. The summed E-state index contributed by atoms with van der Waals surface area (Å²) in [6.07, 6.45) is 2.33. The number of nitrogens with two attached hydrogens (primary N) is 1. The predicted octanol–water partition coefficient (Wildman–Crippen LogP) is 4.50. The molecule has 32 heavy (non-hydrogen) atoms. The third-order valence-electron chi connectivity index (χ3n) is 4.51. The van der Waals surface area contributed by atoms with Crippen molar-refractivity contribution in [1.82, 2.24) is 10.2 Å². The topological polar surface area (TPSA) is 103 Å². The van der Waals surface area contributed by atoms with Crippen molar-refractivity contribution in [2.24, 2.45) is 5.73 Å². The maximum Gasteiger partial charge on any atom is 0.237 e. The summed E-state index contributed by atoms with van der Waals surface area (Å²) in [4.78, 5) is 0. The zero-order chi connectivity index (χ0) is 23.0. The van der Waals surface area contributed by atoms with Crippen LogP contribution in [0.5, 0.6) is 17.4 Å². The Kier molecular flexibility index (Phi) is 7.77. The third kappa shape index (κ3) is 6.77. The molecule has 1 aromatic heterocycles. The molecule has 2 N–H and O–H groups in total. The van der Waals surface area contributed by atoms with Crippen LogP contribution in [0.25, 0.3) is 11.1 Å². The van der Waals surface area contributed by atoms with Gasteiger partial charge in [-0.1, -0.05) is 24.3 Å². The summed E-state index contributed by atoms with van der Waals surface area (Å²) in [5, 5.41) is 17.3. The minimum atomic E-state index is -0.231. The molecular formula is C25H28N4O3. The highest BCUT2D eigenvalue weighted by atomic mass is 16.5. The van der Waals surface area contributed by atoms with E-state index < -0.39 is 0 Å². The maximum atomic E-state index is 9.34. The molecule has 0 fully saturated rings. The van der Waals surface area contributed by atoms with Crippen molar-refractivity contribution in [3.8, 4) is 34.6 Å². The lowest BCUT2D eigenvalue weighted by atomic mass is 10.0. The Bertz CT molecular complexity index is 1070. The van der Waals surface area contributed by atoms with Crippen LogP contribution < -0.4 is 15.2 Å². The molecule has 0 unspecified atom stereocenters. The lowest BCUT2D eigenvalue weighted by Crippen LogP contribution is -2.22. The van der Waals surface area contributed by atoms with Crippen LogP contribution in [0, 0.1) is 11.3 Å². The molecule has 7 nitrogen and oxygen atoms in total. The summed E-state index contributed by atoms with van der Waals surface area (Å²) >= 11 is 0. The van der Waals surface area contributed by atoms with Crippen LogP contribution in [-0.2, 0) is 11.2 Å². The van der Waals surface area contributed by atoms with Gasteiger partial charge in [-0.2, -0.15) is 10.4 Å². The van der Waals surface area contributed by atoms with Gasteiger partial charge in [0.2, 0.25) is 5.88 Å². The van der Waals surface area contributed by atoms with Gasteiger partial charge in [-0.15, -0.1) is 5.10 Å². The van der Waals surface area contributed by atoms with Gasteiger partial charge in [0.05, 0.1) is 30.0 Å². The quantitative estimate of drug-likeness (QED) is 0.496. The Hall–Kier alpha value is -3.47. The van der Waals surface area contributed by atoms with E-state index in [1.165, 1.54) is 11.8 Å². The number of nitriles is 1. The number of ether oxygens (including phenoxy) is 3. The van der Waals surface area contributed by atoms with Crippen molar-refractivity contribution >= 4 is 0 Å². The second-order valence-electron chi connectivity index (χ2n) is 8.20. The molecule has 0 aliphatic heterocycles. The number of nitrogens with zero attached hydrogens (tertiary/aromatic N) is 3. The van der Waals surface area contributed by atoms with E-state index in [2.05, 4.69) is 16.3 Å². The maximum absolute atomic E-state index is 9.34. The molecule has 166 valence electrons. The lowest BCUT2D eigenvalue weighted by molar-refractivity contribution is -0.0169. The molecule has 0 radical (unpaired) electrons. The fourth-order valence-corrected chi connectivity index (χ4v) is 3.01. The van der Waals surface area contributed by atoms with E-state index in [1.54, 1.807) is 18.2 Å². The summed E-state index contributed by atoms with van der Waals surface area (Å²) < 4.78 is 17.4. The van der Waals surface area contributed by atoms with Crippen LogP contribution in [-0.4, -0.2) is 35.6 Å². The zero-order valence-electron chi connectivity index (χ0n) is 18.7. The number of rotatable bonds is 9. The summed E-state index contributed by atoms with van der Waals surface area (Å²) in [5.74, 6) is 1.35. The van der Waals surface area contributed by atoms with Crippen LogP contribution in [0.1, 0.15) is 31.9 Å². The Morgan fingerprint density at radius 3 is 2.50 bits per heavy atom. The molecule has 7 heteroatoms. The van der Waals surface area contributed by atoms with Crippen molar-refractivity contribution in [3.63, 3.8) is 0 Å². The van der Waals surface area contributed by atoms with Crippen LogP contribution in [0.3, 0.4) is 0 Å². The second kappa shape index (κ2) is 10.7. The average Bonchev–Trinajstić information content (AvgIpc) is 2.77. The molecule has 0 saturated heterocycles. The molecular weight excluding hydrogens is 404 g/mol. The summed E-state index contributed by atoms with van der Waals surface area (Å²) in [6, 6.07) is 17.3. The number of benzene rings is 2. The molecule has 2 aromatic carbocycles. The Morgan fingerprint density at radius 2 is 1.81 bits per heavy atom. The van der Waals surface area contributed by atoms with E-state index in [4.69, 9.17) is 19.9 Å². The fourth-order valence-electron chi connectivity index (χ4n) is 3.01. The van der Waals surface area contributed by atoms with Crippen LogP contribution >= 0.6 is 0 Å². The van der Waals surface area contributed by atoms with Crippen molar-refractivity contribution in [2.75, 3.05) is 19.8 Å². The van der Waals surface area contributed by atoms with Crippen molar-refractivity contribution < 1.29 is 14.2 Å². The lowest BCUT2D eigenvalue weighted by Gasteiger charge is -2.19. The summed E-state index contributed by atoms with van der Waals surface area (Å²) in [5.41, 5.74) is 8.92. The number of hydrogen-bond acceptors (Lipinski definition) is 7. The SMILES string of the molecule is CC(C)(C)OCCOc1cc(Oc2cc(C#N)ccc2-c2ccc(CCN)cc2)cnn1. The first-order chi connectivity index (χ1) is 15.4. The van der Waals surface area contributed by atoms with E-state index in [-0.39, 0.29) is 5.60 Å². The number of hydrogen-bond donors (Lipinski definition) is 1. The van der Waals surface area contributed by atoms with Crippen LogP contribution in [0.15, 0.2) is 54.7 Å². The van der Waals surface area contributed by atoms with Crippen LogP contribution in [0.4, 0.5) is 0 Å². The van der Waals surface area contributed by atoms with Gasteiger partial charge in [0.25, 0.3) is 0 Å². The van der Waals surface area contributed by atoms with E-state index in [0.29, 0.717) is 42.7 Å². The van der Waals surface area contributed by atoms with E-state index in [0.717, 1.165) is 17.5 Å². The highest BCUT2D eigenvalue weighted by Crippen LogP contribution is 2.34. The van der Waals surface area contributed by atoms with Gasteiger partial charge in [-0.25, -0.2) is 0 Å². The summed E-state index contributed by atoms with van der Waals surface area (Å²) in [7, 11) is 0. The van der Waals surface area contributed by atoms with Crippen LogP contribution in [0.2, 0.25) is 0 Å². The molecule has 0 aliphatic rings. The molecule has 0 atom stereocenters. The van der Waals surface area contributed by atoms with Gasteiger partial charge >= 0.3 is 0 Å². The minimum Gasteiger partial charge on any atom is -0.474 e. The number of aromatic nitrogens is 2. The predicted molar refractivity (Wildman–Crippen MR) is 123 cm³/mol. The molecule has 1 heterocycles. The standard InChI is InChI=1S/C25H28N4O3/c1-25(2,3)31-13-12-30-24-15-21(17-28-29-24)32-23-14-19(16-27)6-9-22(23)20-7-4-18(5-8-20)10-11-26/h4-9,14-15,17H,10-13,26H2,1-3H3. The summed E-state index contributed by atoms with van der Waals surface area (Å²) in [6.45, 7) is 7.34. The van der Waals surface area contributed by atoms with Gasteiger partial charge < -0.3 is 19.9 Å². The molecule has 0 aliphatic carbocycles. The fraction of sp³-hybridized carbons (Fsp3) is 0.320. The largest absolute Gasteiger partial charge is 0.474 e. The normalized spacial score (nSPS) is 11.1. The Balaban J connectivity index is 1.78. The van der Waals surface area contributed by atoms with E-state index >= 15 is 0 Å². The first-order valence-corrected chi connectivity index (χ1v) is 10.5. The monoisotopic (exact) mass is 432 g/mol. The average molecular weight is 433 g/mol. The van der Waals surface area contributed by atoms with Gasteiger partial charge in [0, 0.05) is 11.6 Å². The van der Waals surface area contributed by atoms with Gasteiger partial charge in [-0.05, 0) is 63.1 Å². The van der Waals surface area contributed by atoms with Gasteiger partial charge in [-0.3, -0.25) is 0 Å². The highest BCUT2D eigenvalue weighted by molar-refractivity contribution is 5.72. The third-order valence-corrected chi connectivity index (χ3v) is 4.51. The smallest absolute Gasteiger partial charge is 0.237 e. The van der Waals surface area contributed by atoms with Gasteiger partial charge in [0.15, 0.2) is 5.75 Å². The van der Waals surface area contributed by atoms with Crippen molar-refractivity contribution in [2.45, 2.75) is 32.8 Å². The first-order valence-electron chi connectivity index (χ1n) is 10.5. The Morgan fingerprint density at radius 1 is 1.03 bits per heavy atom. The Labute approximate surface area is 188 Å². The molecule has 0 saturated carbocycles. The molecule has 0 amide bonds. The van der Waals surface area contributed by atoms with Gasteiger partial charge in [0.1, 0.15) is 12.4 Å². The molecule has 3 aromatic rings. The minimum absolute atomic E-state index is 0.231. The molecule has 0 bridgehead atoms. The highest BCUT2D eigenvalue weighted by Gasteiger charge is 2.12. The van der Waals surface area contributed by atoms with Crippen molar-refractivity contribution in [1.29, 1.82) is 5.26 Å². The van der Waals surface area contributed by atoms with E-state index in [1.807, 2.05) is 51.1 Å². The second-order valence-corrected chi connectivity index (χ2v) is 8.20. The first kappa shape index (κ1) is 23.2. The zero-order valence-corrected chi connectivity index (χ0v) is 18.7. The van der Waals surface area contributed by atoms with Crippen molar-refractivity contribution in [3.05, 3.63) is 65.9 Å². The molecule has 3 rings (SSSR count).